The van der Waals surface area contributed by atoms with E-state index in [9.17, 15) is 0 Å². The number of hydrogen-bond donors (Lipinski definition) is 0. The molecule has 1 saturated heterocycles. The molecule has 0 spiro atoms. The highest BCUT2D eigenvalue weighted by molar-refractivity contribution is 5.15. The van der Waals surface area contributed by atoms with Gasteiger partial charge in [-0.05, 0) is 56.8 Å². The van der Waals surface area contributed by atoms with Crippen molar-refractivity contribution in [1.29, 1.82) is 0 Å². The van der Waals surface area contributed by atoms with Crippen molar-refractivity contribution < 1.29 is 0 Å². The Morgan fingerprint density at radius 3 is 2.77 bits per heavy atom. The van der Waals surface area contributed by atoms with Crippen molar-refractivity contribution in [1.82, 2.24) is 19.4 Å². The van der Waals surface area contributed by atoms with E-state index in [4.69, 9.17) is 4.98 Å². The number of aromatic nitrogens is 3. The average Bonchev–Trinajstić information content (AvgIpc) is 3.31. The standard InChI is InChI=1S/C18H24N4/c1-14-11-20-18(16-4-5-16)22(14)17-3-2-10-21(13-17)12-15-6-8-19-9-7-15/h6-9,11,16-17H,2-5,10,12-13H2,1H3. The summed E-state index contributed by atoms with van der Waals surface area (Å²) in [5.74, 6) is 2.07. The summed E-state index contributed by atoms with van der Waals surface area (Å²) in [5.41, 5.74) is 2.69. The molecule has 4 rings (SSSR count). The molecule has 4 nitrogen and oxygen atoms in total. The van der Waals surface area contributed by atoms with E-state index in [-0.39, 0.29) is 0 Å². The van der Waals surface area contributed by atoms with E-state index in [1.54, 1.807) is 0 Å². The number of likely N-dealkylation sites (tertiary alicyclic amines) is 1. The Kier molecular flexibility index (Phi) is 3.70. The molecule has 1 aliphatic carbocycles. The number of pyridine rings is 1. The molecule has 0 aromatic carbocycles. The monoisotopic (exact) mass is 296 g/mol. The van der Waals surface area contributed by atoms with Crippen molar-refractivity contribution in [2.24, 2.45) is 0 Å². The Labute approximate surface area is 132 Å². The highest BCUT2D eigenvalue weighted by Gasteiger charge is 2.32. The summed E-state index contributed by atoms with van der Waals surface area (Å²) in [6.45, 7) is 5.58. The van der Waals surface area contributed by atoms with Crippen molar-refractivity contribution in [2.75, 3.05) is 13.1 Å². The minimum Gasteiger partial charge on any atom is -0.328 e. The zero-order valence-corrected chi connectivity index (χ0v) is 13.3. The lowest BCUT2D eigenvalue weighted by Gasteiger charge is -2.34. The topological polar surface area (TPSA) is 34.0 Å². The molecule has 1 aliphatic heterocycles. The van der Waals surface area contributed by atoms with Gasteiger partial charge in [-0.2, -0.15) is 0 Å². The number of piperidine rings is 1. The summed E-state index contributed by atoms with van der Waals surface area (Å²) in [6.07, 6.45) is 11.1. The first kappa shape index (κ1) is 13.9. The van der Waals surface area contributed by atoms with Crippen LogP contribution >= 0.6 is 0 Å². The smallest absolute Gasteiger partial charge is 0.112 e. The highest BCUT2D eigenvalue weighted by atomic mass is 15.2. The number of nitrogens with zero attached hydrogens (tertiary/aromatic N) is 4. The van der Waals surface area contributed by atoms with Gasteiger partial charge in [0.05, 0.1) is 0 Å². The Morgan fingerprint density at radius 2 is 2.00 bits per heavy atom. The first-order chi connectivity index (χ1) is 10.8. The fourth-order valence-corrected chi connectivity index (χ4v) is 3.72. The normalized spacial score (nSPS) is 22.9. The van der Waals surface area contributed by atoms with Crippen molar-refractivity contribution in [3.63, 3.8) is 0 Å². The van der Waals surface area contributed by atoms with Gasteiger partial charge in [0.2, 0.25) is 0 Å². The van der Waals surface area contributed by atoms with Crippen LogP contribution in [-0.2, 0) is 6.54 Å². The second kappa shape index (κ2) is 5.84. The lowest BCUT2D eigenvalue weighted by Crippen LogP contribution is -2.36. The molecule has 1 saturated carbocycles. The van der Waals surface area contributed by atoms with Crippen LogP contribution in [-0.4, -0.2) is 32.5 Å². The molecule has 0 N–H and O–H groups in total. The highest BCUT2D eigenvalue weighted by Crippen LogP contribution is 2.41. The number of hydrogen-bond acceptors (Lipinski definition) is 3. The summed E-state index contributed by atoms with van der Waals surface area (Å²) in [4.78, 5) is 11.4. The Hall–Kier alpha value is -1.68. The quantitative estimate of drug-likeness (QED) is 0.868. The first-order valence-corrected chi connectivity index (χ1v) is 8.46. The molecule has 2 aliphatic rings. The summed E-state index contributed by atoms with van der Waals surface area (Å²) in [6, 6.07) is 4.84. The molecule has 1 atom stereocenters. The lowest BCUT2D eigenvalue weighted by atomic mass is 10.0. The van der Waals surface area contributed by atoms with E-state index in [0.29, 0.717) is 6.04 Å². The van der Waals surface area contributed by atoms with Gasteiger partial charge in [0, 0.05) is 49.3 Å². The van der Waals surface area contributed by atoms with Gasteiger partial charge in [0.15, 0.2) is 0 Å². The molecule has 4 heteroatoms. The Bertz CT molecular complexity index is 630. The van der Waals surface area contributed by atoms with Gasteiger partial charge in [0.25, 0.3) is 0 Å². The maximum Gasteiger partial charge on any atom is 0.112 e. The van der Waals surface area contributed by atoms with E-state index in [0.717, 1.165) is 19.0 Å². The molecule has 0 amide bonds. The predicted molar refractivity (Wildman–Crippen MR) is 86.7 cm³/mol. The van der Waals surface area contributed by atoms with Gasteiger partial charge in [-0.3, -0.25) is 9.88 Å². The Morgan fingerprint density at radius 1 is 1.18 bits per heavy atom. The summed E-state index contributed by atoms with van der Waals surface area (Å²) in [5, 5.41) is 0. The van der Waals surface area contributed by atoms with E-state index in [1.165, 1.54) is 49.3 Å². The molecule has 2 fully saturated rings. The average molecular weight is 296 g/mol. The number of imidazole rings is 1. The fourth-order valence-electron chi connectivity index (χ4n) is 3.72. The SMILES string of the molecule is Cc1cnc(C2CC2)n1C1CCCN(Cc2ccncc2)C1. The third-order valence-corrected chi connectivity index (χ3v) is 4.95. The molecular formula is C18H24N4. The molecule has 0 bridgehead atoms. The minimum absolute atomic E-state index is 0.591. The summed E-state index contributed by atoms with van der Waals surface area (Å²) < 4.78 is 2.54. The van der Waals surface area contributed by atoms with Gasteiger partial charge in [0.1, 0.15) is 5.82 Å². The first-order valence-electron chi connectivity index (χ1n) is 8.46. The summed E-state index contributed by atoms with van der Waals surface area (Å²) in [7, 11) is 0. The second-order valence-corrected chi connectivity index (χ2v) is 6.79. The molecule has 1 unspecified atom stereocenters. The van der Waals surface area contributed by atoms with E-state index < -0.39 is 0 Å². The molecule has 116 valence electrons. The van der Waals surface area contributed by atoms with E-state index >= 15 is 0 Å². The molecule has 2 aromatic rings. The third-order valence-electron chi connectivity index (χ3n) is 4.95. The minimum atomic E-state index is 0.591. The fraction of sp³-hybridized carbons (Fsp3) is 0.556. The molecule has 22 heavy (non-hydrogen) atoms. The van der Waals surface area contributed by atoms with Crippen LogP contribution in [0.15, 0.2) is 30.7 Å². The number of aryl methyl sites for hydroxylation is 1. The lowest BCUT2D eigenvalue weighted by molar-refractivity contribution is 0.167. The molecule has 3 heterocycles. The van der Waals surface area contributed by atoms with E-state index in [2.05, 4.69) is 39.7 Å². The largest absolute Gasteiger partial charge is 0.328 e. The summed E-state index contributed by atoms with van der Waals surface area (Å²) >= 11 is 0. The van der Waals surface area contributed by atoms with Gasteiger partial charge >= 0.3 is 0 Å². The van der Waals surface area contributed by atoms with E-state index in [1.807, 2.05) is 12.4 Å². The predicted octanol–water partition coefficient (Wildman–Crippen LogP) is 3.30. The van der Waals surface area contributed by atoms with Crippen LogP contribution in [0.2, 0.25) is 0 Å². The zero-order chi connectivity index (χ0) is 14.9. The van der Waals surface area contributed by atoms with Crippen molar-refractivity contribution in [2.45, 2.75) is 51.1 Å². The molecule has 2 aromatic heterocycles. The van der Waals surface area contributed by atoms with Crippen LogP contribution in [0, 0.1) is 6.92 Å². The van der Waals surface area contributed by atoms with Gasteiger partial charge < -0.3 is 4.57 Å². The molecular weight excluding hydrogens is 272 g/mol. The maximum atomic E-state index is 4.70. The van der Waals surface area contributed by atoms with Gasteiger partial charge in [-0.1, -0.05) is 0 Å². The van der Waals surface area contributed by atoms with Crippen LogP contribution in [0.4, 0.5) is 0 Å². The van der Waals surface area contributed by atoms with Crippen LogP contribution in [0.25, 0.3) is 0 Å². The van der Waals surface area contributed by atoms with Crippen molar-refractivity contribution in [3.8, 4) is 0 Å². The van der Waals surface area contributed by atoms with Crippen LogP contribution in [0.5, 0.6) is 0 Å². The van der Waals surface area contributed by atoms with Crippen molar-refractivity contribution in [3.05, 3.63) is 47.8 Å². The number of rotatable bonds is 4. The maximum absolute atomic E-state index is 4.70. The van der Waals surface area contributed by atoms with Gasteiger partial charge in [-0.15, -0.1) is 0 Å². The zero-order valence-electron chi connectivity index (χ0n) is 13.3. The third kappa shape index (κ3) is 2.80. The second-order valence-electron chi connectivity index (χ2n) is 6.79. The Balaban J connectivity index is 1.50. The molecule has 0 radical (unpaired) electrons. The van der Waals surface area contributed by atoms with Gasteiger partial charge in [-0.25, -0.2) is 4.98 Å². The van der Waals surface area contributed by atoms with Crippen LogP contribution in [0.1, 0.15) is 54.7 Å². The van der Waals surface area contributed by atoms with Crippen LogP contribution < -0.4 is 0 Å². The van der Waals surface area contributed by atoms with Crippen molar-refractivity contribution >= 4 is 0 Å². The van der Waals surface area contributed by atoms with Crippen LogP contribution in [0.3, 0.4) is 0 Å².